The van der Waals surface area contributed by atoms with Gasteiger partial charge in [-0.25, -0.2) is 10.9 Å². The number of nitrogens with one attached hydrogen (secondary N) is 2. The summed E-state index contributed by atoms with van der Waals surface area (Å²) in [4.78, 5) is 23.9. The molecule has 2 N–H and O–H groups in total. The van der Waals surface area contributed by atoms with Gasteiger partial charge in [0.05, 0.1) is 12.4 Å². The number of hydrogen-bond acceptors (Lipinski definition) is 6. The molecule has 0 unspecified atom stereocenters. The molecule has 0 bridgehead atoms. The number of carbonyl (C=O) groups excluding carboxylic acids is 2. The third-order valence-electron chi connectivity index (χ3n) is 4.87. The van der Waals surface area contributed by atoms with E-state index in [-0.39, 0.29) is 25.0 Å². The van der Waals surface area contributed by atoms with Crippen LogP contribution in [0.25, 0.3) is 0 Å². The largest absolute Gasteiger partial charge is 0.484 e. The summed E-state index contributed by atoms with van der Waals surface area (Å²) in [6.45, 7) is 7.64. The van der Waals surface area contributed by atoms with Crippen LogP contribution in [0.2, 0.25) is 0 Å². The van der Waals surface area contributed by atoms with E-state index in [1.807, 2.05) is 88.4 Å². The van der Waals surface area contributed by atoms with Gasteiger partial charge in [-0.1, -0.05) is 36.4 Å². The van der Waals surface area contributed by atoms with Crippen LogP contribution in [0.5, 0.6) is 11.5 Å². The van der Waals surface area contributed by atoms with Crippen LogP contribution >= 0.6 is 0 Å². The number of rotatable bonds is 10. The number of nitrogens with zero attached hydrogens (tertiary/aromatic N) is 2. The Hall–Kier alpha value is -4.46. The highest BCUT2D eigenvalue weighted by atomic mass is 16.5. The van der Waals surface area contributed by atoms with Crippen LogP contribution in [0.4, 0.5) is 0 Å². The third-order valence-corrected chi connectivity index (χ3v) is 4.87. The van der Waals surface area contributed by atoms with Gasteiger partial charge in [0.2, 0.25) is 0 Å². The van der Waals surface area contributed by atoms with E-state index in [0.717, 1.165) is 33.4 Å². The van der Waals surface area contributed by atoms with E-state index < -0.39 is 0 Å². The van der Waals surface area contributed by atoms with Crippen LogP contribution in [-0.4, -0.2) is 37.5 Å². The van der Waals surface area contributed by atoms with Crippen molar-refractivity contribution in [3.63, 3.8) is 0 Å². The monoisotopic (exact) mass is 486 g/mol. The summed E-state index contributed by atoms with van der Waals surface area (Å²) in [7, 11) is 0. The highest BCUT2D eigenvalue weighted by Gasteiger charge is 2.04. The smallest absolute Gasteiger partial charge is 0.277 e. The van der Waals surface area contributed by atoms with Crippen LogP contribution in [-0.2, 0) is 9.59 Å². The van der Waals surface area contributed by atoms with Crippen molar-refractivity contribution < 1.29 is 19.1 Å². The van der Waals surface area contributed by atoms with Crippen LogP contribution < -0.4 is 20.3 Å². The average Bonchev–Trinajstić information content (AvgIpc) is 2.81. The standard InChI is InChI=1S/C28H30N4O4/c1-19-9-20(2)12-25(11-19)35-17-27(33)31-29-15-23-5-7-24(8-6-23)16-30-32-28(34)18-36-26-13-21(3)10-22(4)14-26/h5-16H,17-18H2,1-4H3,(H,31,33)(H,32,34). The molecule has 3 aromatic carbocycles. The number of benzene rings is 3. The van der Waals surface area contributed by atoms with E-state index in [2.05, 4.69) is 21.1 Å². The first kappa shape index (κ1) is 26.2. The Morgan fingerprint density at radius 1 is 0.639 bits per heavy atom. The van der Waals surface area contributed by atoms with Gasteiger partial charge in [0.25, 0.3) is 11.8 Å². The molecule has 2 amide bonds. The van der Waals surface area contributed by atoms with Gasteiger partial charge < -0.3 is 9.47 Å². The van der Waals surface area contributed by atoms with Gasteiger partial charge in [-0.2, -0.15) is 10.2 Å². The number of carbonyl (C=O) groups is 2. The highest BCUT2D eigenvalue weighted by molar-refractivity contribution is 5.86. The molecule has 3 rings (SSSR count). The molecule has 0 radical (unpaired) electrons. The highest BCUT2D eigenvalue weighted by Crippen LogP contribution is 2.16. The lowest BCUT2D eigenvalue weighted by Gasteiger charge is -2.07. The predicted octanol–water partition coefficient (Wildman–Crippen LogP) is 3.98. The fourth-order valence-electron chi connectivity index (χ4n) is 3.42. The zero-order valence-electron chi connectivity index (χ0n) is 20.9. The van der Waals surface area contributed by atoms with Crippen molar-refractivity contribution in [2.24, 2.45) is 10.2 Å². The van der Waals surface area contributed by atoms with E-state index in [9.17, 15) is 9.59 Å². The minimum Gasteiger partial charge on any atom is -0.484 e. The third kappa shape index (κ3) is 9.06. The van der Waals surface area contributed by atoms with Crippen molar-refractivity contribution >= 4 is 24.2 Å². The van der Waals surface area contributed by atoms with Crippen molar-refractivity contribution in [1.82, 2.24) is 10.9 Å². The van der Waals surface area contributed by atoms with Gasteiger partial charge in [0.1, 0.15) is 11.5 Å². The molecule has 0 fully saturated rings. The maximum Gasteiger partial charge on any atom is 0.277 e. The van der Waals surface area contributed by atoms with Gasteiger partial charge in [0, 0.05) is 0 Å². The summed E-state index contributed by atoms with van der Waals surface area (Å²) in [5.41, 5.74) is 10.7. The molecule has 0 saturated heterocycles. The number of amides is 2. The Bertz CT molecular complexity index is 1130. The minimum atomic E-state index is -0.355. The molecule has 36 heavy (non-hydrogen) atoms. The van der Waals surface area contributed by atoms with E-state index in [0.29, 0.717) is 11.5 Å². The van der Waals surface area contributed by atoms with E-state index in [4.69, 9.17) is 9.47 Å². The molecular formula is C28H30N4O4. The zero-order valence-corrected chi connectivity index (χ0v) is 20.9. The molecule has 0 saturated carbocycles. The second kappa shape index (κ2) is 12.9. The first-order valence-corrected chi connectivity index (χ1v) is 11.4. The Morgan fingerprint density at radius 3 is 1.31 bits per heavy atom. The topological polar surface area (TPSA) is 101 Å². The number of hydrazone groups is 2. The van der Waals surface area contributed by atoms with Crippen molar-refractivity contribution in [2.75, 3.05) is 13.2 Å². The lowest BCUT2D eigenvalue weighted by molar-refractivity contribution is -0.123. The Labute approximate surface area is 211 Å². The molecule has 0 aromatic heterocycles. The summed E-state index contributed by atoms with van der Waals surface area (Å²) in [5.74, 6) is 0.584. The molecule has 186 valence electrons. The Morgan fingerprint density at radius 2 is 0.972 bits per heavy atom. The first-order chi connectivity index (χ1) is 17.3. The van der Waals surface area contributed by atoms with Gasteiger partial charge >= 0.3 is 0 Å². The summed E-state index contributed by atoms with van der Waals surface area (Å²) in [6, 6.07) is 18.8. The SMILES string of the molecule is Cc1cc(C)cc(OCC(=O)NN=Cc2ccc(C=NNC(=O)COc3cc(C)cc(C)c3)cc2)c1. The van der Waals surface area contributed by atoms with Crippen LogP contribution in [0, 0.1) is 27.7 Å². The molecular weight excluding hydrogens is 456 g/mol. The van der Waals surface area contributed by atoms with Crippen molar-refractivity contribution in [3.05, 3.63) is 94.0 Å². The number of ether oxygens (including phenoxy) is 2. The molecule has 0 aliphatic carbocycles. The Balaban J connectivity index is 1.38. The van der Waals surface area contributed by atoms with E-state index >= 15 is 0 Å². The summed E-state index contributed by atoms with van der Waals surface area (Å²) >= 11 is 0. The van der Waals surface area contributed by atoms with Gasteiger partial charge in [-0.3, -0.25) is 9.59 Å². The van der Waals surface area contributed by atoms with Gasteiger partial charge in [-0.05, 0) is 85.3 Å². The predicted molar refractivity (Wildman–Crippen MR) is 141 cm³/mol. The van der Waals surface area contributed by atoms with Crippen LogP contribution in [0.15, 0.2) is 70.9 Å². The minimum absolute atomic E-state index is 0.128. The van der Waals surface area contributed by atoms with Crippen LogP contribution in [0.3, 0.4) is 0 Å². The lowest BCUT2D eigenvalue weighted by Crippen LogP contribution is -2.24. The molecule has 3 aromatic rings. The van der Waals surface area contributed by atoms with E-state index in [1.54, 1.807) is 0 Å². The second-order valence-corrected chi connectivity index (χ2v) is 8.48. The molecule has 0 aliphatic heterocycles. The zero-order chi connectivity index (χ0) is 25.9. The second-order valence-electron chi connectivity index (χ2n) is 8.48. The normalized spacial score (nSPS) is 11.0. The molecule has 8 heteroatoms. The molecule has 0 spiro atoms. The van der Waals surface area contributed by atoms with E-state index in [1.165, 1.54) is 12.4 Å². The number of hydrogen-bond donors (Lipinski definition) is 2. The fourth-order valence-corrected chi connectivity index (χ4v) is 3.42. The first-order valence-electron chi connectivity index (χ1n) is 11.4. The van der Waals surface area contributed by atoms with Gasteiger partial charge in [0.15, 0.2) is 13.2 Å². The fraction of sp³-hybridized carbons (Fsp3) is 0.214. The van der Waals surface area contributed by atoms with Crippen molar-refractivity contribution in [3.8, 4) is 11.5 Å². The molecule has 8 nitrogen and oxygen atoms in total. The van der Waals surface area contributed by atoms with Crippen LogP contribution in [0.1, 0.15) is 33.4 Å². The molecule has 0 aliphatic rings. The average molecular weight is 487 g/mol. The maximum absolute atomic E-state index is 12.0. The molecule has 0 atom stereocenters. The van der Waals surface area contributed by atoms with Crippen molar-refractivity contribution in [1.29, 1.82) is 0 Å². The quantitative estimate of drug-likeness (QED) is 0.334. The summed E-state index contributed by atoms with van der Waals surface area (Å²) in [6.07, 6.45) is 3.06. The maximum atomic E-state index is 12.0. The Kier molecular flexibility index (Phi) is 9.33. The van der Waals surface area contributed by atoms with Gasteiger partial charge in [-0.15, -0.1) is 0 Å². The number of aryl methyl sites for hydroxylation is 4. The lowest BCUT2D eigenvalue weighted by atomic mass is 10.1. The summed E-state index contributed by atoms with van der Waals surface area (Å²) in [5, 5.41) is 7.90. The van der Waals surface area contributed by atoms with Crippen molar-refractivity contribution in [2.45, 2.75) is 27.7 Å². The summed E-state index contributed by atoms with van der Waals surface area (Å²) < 4.78 is 11.0. The molecule has 0 heterocycles.